The molecule has 0 aliphatic rings. The van der Waals surface area contributed by atoms with Crippen LogP contribution in [0.3, 0.4) is 0 Å². The van der Waals surface area contributed by atoms with Gasteiger partial charge in [0.25, 0.3) is 0 Å². The first kappa shape index (κ1) is 18.5. The highest BCUT2D eigenvalue weighted by Gasteiger charge is 2.19. The average molecular weight is 359 g/mol. The lowest BCUT2D eigenvalue weighted by molar-refractivity contribution is -0.115. The van der Waals surface area contributed by atoms with Crippen LogP contribution >= 0.6 is 24.0 Å². The molecular formula is C19H22N2OS2. The Labute approximate surface area is 153 Å². The van der Waals surface area contributed by atoms with Crippen molar-refractivity contribution in [3.8, 4) is 0 Å². The van der Waals surface area contributed by atoms with Gasteiger partial charge >= 0.3 is 0 Å². The summed E-state index contributed by atoms with van der Waals surface area (Å²) in [6, 6.07) is 19.4. The molecule has 2 rings (SSSR count). The second-order valence-electron chi connectivity index (χ2n) is 5.13. The van der Waals surface area contributed by atoms with E-state index in [4.69, 9.17) is 12.2 Å². The number of benzene rings is 2. The first-order valence-electron chi connectivity index (χ1n) is 8.02. The van der Waals surface area contributed by atoms with E-state index in [1.165, 1.54) is 11.8 Å². The van der Waals surface area contributed by atoms with Gasteiger partial charge in [-0.3, -0.25) is 9.69 Å². The minimum atomic E-state index is 0.0203. The maximum absolute atomic E-state index is 12.9. The fraction of sp³-hybridized carbons (Fsp3) is 0.263. The lowest BCUT2D eigenvalue weighted by Crippen LogP contribution is -2.31. The molecule has 5 heteroatoms. The van der Waals surface area contributed by atoms with Gasteiger partial charge in [0.1, 0.15) is 4.32 Å². The second-order valence-corrected chi connectivity index (χ2v) is 6.74. The van der Waals surface area contributed by atoms with Crippen LogP contribution in [0.4, 0.5) is 11.4 Å². The van der Waals surface area contributed by atoms with Crippen molar-refractivity contribution in [3.63, 3.8) is 0 Å². The Morgan fingerprint density at radius 2 is 1.38 bits per heavy atom. The number of nitrogens with zero attached hydrogens (tertiary/aromatic N) is 2. The smallest absolute Gasteiger partial charge is 0.241 e. The summed E-state index contributed by atoms with van der Waals surface area (Å²) in [4.78, 5) is 16.7. The minimum absolute atomic E-state index is 0.0203. The fourth-order valence-corrected chi connectivity index (χ4v) is 3.60. The van der Waals surface area contributed by atoms with Crippen molar-refractivity contribution in [1.29, 1.82) is 0 Å². The van der Waals surface area contributed by atoms with Gasteiger partial charge in [-0.25, -0.2) is 0 Å². The van der Waals surface area contributed by atoms with Gasteiger partial charge in [-0.1, -0.05) is 60.4 Å². The van der Waals surface area contributed by atoms with E-state index in [0.29, 0.717) is 5.75 Å². The molecule has 0 unspecified atom stereocenters. The molecule has 0 heterocycles. The van der Waals surface area contributed by atoms with Crippen molar-refractivity contribution in [2.75, 3.05) is 23.7 Å². The van der Waals surface area contributed by atoms with Gasteiger partial charge < -0.3 is 4.90 Å². The Morgan fingerprint density at radius 3 is 1.79 bits per heavy atom. The quantitative estimate of drug-likeness (QED) is 0.698. The first-order chi connectivity index (χ1) is 11.7. The van der Waals surface area contributed by atoms with E-state index in [2.05, 4.69) is 18.7 Å². The summed E-state index contributed by atoms with van der Waals surface area (Å²) in [6.07, 6.45) is 0. The SMILES string of the molecule is CCN(CC)C(=S)SCC(=O)N(c1ccccc1)c1ccccc1. The van der Waals surface area contributed by atoms with Crippen LogP contribution in [0.5, 0.6) is 0 Å². The minimum Gasteiger partial charge on any atom is -0.358 e. The summed E-state index contributed by atoms with van der Waals surface area (Å²) in [7, 11) is 0. The molecule has 0 saturated carbocycles. The molecule has 2 aromatic rings. The summed E-state index contributed by atoms with van der Waals surface area (Å²) in [5.74, 6) is 0.339. The lowest BCUT2D eigenvalue weighted by Gasteiger charge is -2.24. The Morgan fingerprint density at radius 1 is 0.917 bits per heavy atom. The number of para-hydroxylation sites is 2. The van der Waals surface area contributed by atoms with Gasteiger partial charge in [-0.2, -0.15) is 0 Å². The van der Waals surface area contributed by atoms with Crippen LogP contribution in [0.2, 0.25) is 0 Å². The van der Waals surface area contributed by atoms with Crippen LogP contribution < -0.4 is 4.90 Å². The highest BCUT2D eigenvalue weighted by Crippen LogP contribution is 2.26. The predicted octanol–water partition coefficient (Wildman–Crippen LogP) is 4.71. The summed E-state index contributed by atoms with van der Waals surface area (Å²) in [5, 5.41) is 0. The lowest BCUT2D eigenvalue weighted by atomic mass is 10.2. The van der Waals surface area contributed by atoms with Crippen molar-refractivity contribution in [2.24, 2.45) is 0 Å². The molecule has 0 radical (unpaired) electrons. The van der Waals surface area contributed by atoms with Crippen molar-refractivity contribution in [1.82, 2.24) is 4.90 Å². The Hall–Kier alpha value is -1.85. The van der Waals surface area contributed by atoms with Crippen molar-refractivity contribution in [3.05, 3.63) is 60.7 Å². The summed E-state index contributed by atoms with van der Waals surface area (Å²) >= 11 is 6.86. The number of thioether (sulfide) groups is 1. The van der Waals surface area contributed by atoms with E-state index in [1.807, 2.05) is 60.7 Å². The predicted molar refractivity (Wildman–Crippen MR) is 108 cm³/mol. The van der Waals surface area contributed by atoms with Crippen LogP contribution in [0, 0.1) is 0 Å². The third kappa shape index (κ3) is 4.82. The maximum Gasteiger partial charge on any atom is 0.241 e. The van der Waals surface area contributed by atoms with Crippen LogP contribution in [0.25, 0.3) is 0 Å². The molecule has 0 atom stereocenters. The van der Waals surface area contributed by atoms with Crippen molar-refractivity contribution in [2.45, 2.75) is 13.8 Å². The van der Waals surface area contributed by atoms with E-state index in [-0.39, 0.29) is 5.91 Å². The normalized spacial score (nSPS) is 10.2. The molecule has 0 N–H and O–H groups in total. The standard InChI is InChI=1S/C19H22N2OS2/c1-3-20(4-2)19(23)24-15-18(22)21(16-11-7-5-8-12-16)17-13-9-6-10-14-17/h5-14H,3-4,15H2,1-2H3. The van der Waals surface area contributed by atoms with E-state index in [1.54, 1.807) is 4.90 Å². The largest absolute Gasteiger partial charge is 0.358 e. The summed E-state index contributed by atoms with van der Waals surface area (Å²) < 4.78 is 0.773. The average Bonchev–Trinajstić information content (AvgIpc) is 2.63. The van der Waals surface area contributed by atoms with Crippen molar-refractivity contribution < 1.29 is 4.79 Å². The molecule has 0 bridgehead atoms. The number of carbonyl (C=O) groups excluding carboxylic acids is 1. The molecule has 0 aliphatic carbocycles. The second kappa shape index (κ2) is 9.45. The number of thiocarbonyl (C=S) groups is 1. The van der Waals surface area contributed by atoms with Crippen LogP contribution in [-0.4, -0.2) is 34.0 Å². The van der Waals surface area contributed by atoms with Gasteiger partial charge in [-0.05, 0) is 38.1 Å². The van der Waals surface area contributed by atoms with Crippen LogP contribution in [-0.2, 0) is 4.79 Å². The fourth-order valence-electron chi connectivity index (χ4n) is 2.35. The number of carbonyl (C=O) groups is 1. The number of anilines is 2. The van der Waals surface area contributed by atoms with E-state index >= 15 is 0 Å². The Balaban J connectivity index is 2.16. The zero-order chi connectivity index (χ0) is 17.4. The van der Waals surface area contributed by atoms with Gasteiger partial charge in [-0.15, -0.1) is 0 Å². The molecule has 2 aromatic carbocycles. The summed E-state index contributed by atoms with van der Waals surface area (Å²) in [5.41, 5.74) is 1.73. The van der Waals surface area contributed by atoms with Gasteiger partial charge in [0, 0.05) is 24.5 Å². The first-order valence-corrected chi connectivity index (χ1v) is 9.41. The van der Waals surface area contributed by atoms with Crippen LogP contribution in [0.1, 0.15) is 13.8 Å². The van der Waals surface area contributed by atoms with Gasteiger partial charge in [0.2, 0.25) is 5.91 Å². The molecule has 0 aliphatic heterocycles. The van der Waals surface area contributed by atoms with Gasteiger partial charge in [0.15, 0.2) is 0 Å². The third-order valence-corrected chi connectivity index (χ3v) is 5.13. The molecule has 0 spiro atoms. The maximum atomic E-state index is 12.9. The van der Waals surface area contributed by atoms with Crippen molar-refractivity contribution >= 4 is 45.6 Å². The molecule has 126 valence electrons. The van der Waals surface area contributed by atoms with E-state index < -0.39 is 0 Å². The number of amides is 1. The molecule has 0 saturated heterocycles. The zero-order valence-corrected chi connectivity index (χ0v) is 15.6. The Bertz CT molecular complexity index is 618. The number of rotatable bonds is 6. The van der Waals surface area contributed by atoms with E-state index in [9.17, 15) is 4.79 Å². The molecule has 24 heavy (non-hydrogen) atoms. The number of hydrogen-bond acceptors (Lipinski definition) is 3. The molecule has 1 amide bonds. The van der Waals surface area contributed by atoms with E-state index in [0.717, 1.165) is 28.8 Å². The number of hydrogen-bond donors (Lipinski definition) is 0. The zero-order valence-electron chi connectivity index (χ0n) is 14.0. The van der Waals surface area contributed by atoms with Crippen LogP contribution in [0.15, 0.2) is 60.7 Å². The molecule has 0 aromatic heterocycles. The Kier molecular flexibility index (Phi) is 7.28. The highest BCUT2D eigenvalue weighted by atomic mass is 32.2. The third-order valence-electron chi connectivity index (χ3n) is 3.62. The molecular weight excluding hydrogens is 336 g/mol. The van der Waals surface area contributed by atoms with Gasteiger partial charge in [0.05, 0.1) is 5.75 Å². The topological polar surface area (TPSA) is 23.6 Å². The molecule has 3 nitrogen and oxygen atoms in total. The monoisotopic (exact) mass is 358 g/mol. The molecule has 0 fully saturated rings. The highest BCUT2D eigenvalue weighted by molar-refractivity contribution is 8.23. The summed E-state index contributed by atoms with van der Waals surface area (Å²) in [6.45, 7) is 5.85.